The van der Waals surface area contributed by atoms with E-state index in [0.29, 0.717) is 17.9 Å². The molecule has 0 spiro atoms. The first kappa shape index (κ1) is 28.6. The standard InChI is InChI=1S/C20H25BN2O3.C7H10N2O/c1-14-16(10-8-12-18(14)26-5)19(24)22-13-15-9-6-7-11-17(15)21(25)23(22)20(2,3)4;1-2-3-4-5-6-7(10)9-8/h6-12,25H,13H2,1-5H3;2-6H,1,8H2,(H,9,10). The van der Waals surface area contributed by atoms with Crippen LogP contribution in [0.5, 0.6) is 5.75 Å². The van der Waals surface area contributed by atoms with Crippen molar-refractivity contribution in [2.75, 3.05) is 7.11 Å². The third-order valence-electron chi connectivity index (χ3n) is 5.55. The van der Waals surface area contributed by atoms with Gasteiger partial charge in [0.05, 0.1) is 13.7 Å². The summed E-state index contributed by atoms with van der Waals surface area (Å²) in [5, 5.41) is 12.6. The molecule has 0 atom stereocenters. The summed E-state index contributed by atoms with van der Waals surface area (Å²) in [5.41, 5.74) is 4.68. The highest BCUT2D eigenvalue weighted by Gasteiger charge is 2.44. The van der Waals surface area contributed by atoms with Crippen LogP contribution in [0.2, 0.25) is 0 Å². The summed E-state index contributed by atoms with van der Waals surface area (Å²) in [7, 11) is 0.716. The first-order valence-corrected chi connectivity index (χ1v) is 11.5. The molecule has 9 heteroatoms. The van der Waals surface area contributed by atoms with Crippen LogP contribution in [-0.2, 0) is 11.3 Å². The summed E-state index contributed by atoms with van der Waals surface area (Å²) in [6.45, 7) is 11.7. The number of carbonyl (C=O) groups is 2. The quantitative estimate of drug-likeness (QED) is 0.149. The van der Waals surface area contributed by atoms with Gasteiger partial charge in [-0.25, -0.2) is 10.8 Å². The molecule has 0 radical (unpaired) electrons. The zero-order valence-corrected chi connectivity index (χ0v) is 21.6. The van der Waals surface area contributed by atoms with E-state index in [0.717, 1.165) is 16.6 Å². The van der Waals surface area contributed by atoms with Gasteiger partial charge in [-0.2, -0.15) is 0 Å². The number of nitrogens with zero attached hydrogens (tertiary/aromatic N) is 2. The topological polar surface area (TPSA) is 108 Å². The molecule has 1 aliphatic heterocycles. The first-order valence-electron chi connectivity index (χ1n) is 11.5. The van der Waals surface area contributed by atoms with Crippen molar-refractivity contribution in [3.8, 4) is 5.75 Å². The Morgan fingerprint density at radius 1 is 1.14 bits per heavy atom. The van der Waals surface area contributed by atoms with Crippen LogP contribution < -0.4 is 21.5 Å². The second-order valence-electron chi connectivity index (χ2n) is 9.07. The van der Waals surface area contributed by atoms with E-state index in [-0.39, 0.29) is 11.8 Å². The summed E-state index contributed by atoms with van der Waals surface area (Å²) in [4.78, 5) is 25.6. The van der Waals surface area contributed by atoms with Crippen molar-refractivity contribution in [2.24, 2.45) is 5.84 Å². The van der Waals surface area contributed by atoms with Gasteiger partial charge in [-0.1, -0.05) is 61.2 Å². The Kier molecular flexibility index (Phi) is 10.2. The molecule has 0 aliphatic carbocycles. The lowest BCUT2D eigenvalue weighted by Crippen LogP contribution is -2.68. The summed E-state index contributed by atoms with van der Waals surface area (Å²) >= 11 is 0. The van der Waals surface area contributed by atoms with Crippen LogP contribution in [0, 0.1) is 6.92 Å². The van der Waals surface area contributed by atoms with E-state index in [9.17, 15) is 14.6 Å². The number of methoxy groups -OCH3 is 1. The van der Waals surface area contributed by atoms with Gasteiger partial charge in [0.15, 0.2) is 0 Å². The van der Waals surface area contributed by atoms with Crippen molar-refractivity contribution >= 4 is 24.3 Å². The lowest BCUT2D eigenvalue weighted by atomic mass is 9.66. The van der Waals surface area contributed by atoms with Crippen LogP contribution in [-0.4, -0.2) is 46.5 Å². The molecule has 0 aromatic heterocycles. The fourth-order valence-electron chi connectivity index (χ4n) is 3.87. The number of ether oxygens (including phenoxy) is 1. The molecule has 3 rings (SSSR count). The van der Waals surface area contributed by atoms with Gasteiger partial charge in [-0.15, -0.1) is 0 Å². The monoisotopic (exact) mass is 490 g/mol. The Morgan fingerprint density at radius 3 is 2.44 bits per heavy atom. The molecule has 0 unspecified atom stereocenters. The molecule has 0 saturated carbocycles. The van der Waals surface area contributed by atoms with Crippen molar-refractivity contribution in [1.82, 2.24) is 15.4 Å². The van der Waals surface area contributed by atoms with E-state index in [1.165, 1.54) is 6.08 Å². The van der Waals surface area contributed by atoms with Crippen molar-refractivity contribution in [3.05, 3.63) is 96.1 Å². The maximum atomic E-state index is 13.4. The van der Waals surface area contributed by atoms with Crippen LogP contribution in [0.4, 0.5) is 0 Å². The number of benzene rings is 2. The van der Waals surface area contributed by atoms with E-state index in [2.05, 4.69) is 6.58 Å². The van der Waals surface area contributed by atoms with E-state index >= 15 is 0 Å². The van der Waals surface area contributed by atoms with Gasteiger partial charge in [0, 0.05) is 22.7 Å². The van der Waals surface area contributed by atoms with Crippen molar-refractivity contribution in [1.29, 1.82) is 0 Å². The Bertz CT molecular complexity index is 1140. The molecule has 4 N–H and O–H groups in total. The SMILES string of the molecule is C=CC=CC=CC(=O)NN.COc1cccc(C(=O)N2Cc3ccccc3B(O)N2C(C)(C)C)c1C. The van der Waals surface area contributed by atoms with Gasteiger partial charge in [0.25, 0.3) is 11.8 Å². The molecule has 1 aliphatic rings. The average Bonchev–Trinajstić information content (AvgIpc) is 2.85. The minimum atomic E-state index is -0.880. The first-order chi connectivity index (χ1) is 17.1. The number of hydrogen-bond donors (Lipinski definition) is 3. The molecule has 2 aromatic carbocycles. The van der Waals surface area contributed by atoms with Crippen LogP contribution >= 0.6 is 0 Å². The van der Waals surface area contributed by atoms with Crippen molar-refractivity contribution in [3.63, 3.8) is 0 Å². The van der Waals surface area contributed by atoms with E-state index < -0.39 is 12.6 Å². The molecule has 0 saturated heterocycles. The molecular formula is C27H35BN4O4. The summed E-state index contributed by atoms with van der Waals surface area (Å²) in [6.07, 6.45) is 7.90. The third-order valence-corrected chi connectivity index (χ3v) is 5.55. The maximum absolute atomic E-state index is 13.4. The Balaban J connectivity index is 0.000000388. The normalized spacial score (nSPS) is 13.8. The highest BCUT2D eigenvalue weighted by molar-refractivity contribution is 6.64. The number of hydrogen-bond acceptors (Lipinski definition) is 6. The number of hydrazine groups is 2. The third kappa shape index (κ3) is 6.94. The maximum Gasteiger partial charge on any atom is 0.435 e. The summed E-state index contributed by atoms with van der Waals surface area (Å²) in [5.74, 6) is 5.00. The average molecular weight is 490 g/mol. The zero-order chi connectivity index (χ0) is 26.9. The van der Waals surface area contributed by atoms with Gasteiger partial charge in [0.2, 0.25) is 0 Å². The van der Waals surface area contributed by atoms with Crippen LogP contribution in [0.15, 0.2) is 79.4 Å². The number of nitrogens with two attached hydrogens (primary N) is 1. The number of carbonyl (C=O) groups excluding carboxylic acids is 2. The second-order valence-corrected chi connectivity index (χ2v) is 9.07. The number of allylic oxidation sites excluding steroid dienone is 4. The molecule has 2 amide bonds. The highest BCUT2D eigenvalue weighted by Crippen LogP contribution is 2.28. The molecule has 0 bridgehead atoms. The van der Waals surface area contributed by atoms with Crippen LogP contribution in [0.3, 0.4) is 0 Å². The Labute approximate surface area is 213 Å². The molecular weight excluding hydrogens is 455 g/mol. The molecule has 1 heterocycles. The molecule has 36 heavy (non-hydrogen) atoms. The Morgan fingerprint density at radius 2 is 1.83 bits per heavy atom. The van der Waals surface area contributed by atoms with Gasteiger partial charge >= 0.3 is 7.05 Å². The Hall–Kier alpha value is -3.66. The predicted molar refractivity (Wildman–Crippen MR) is 144 cm³/mol. The number of nitrogens with one attached hydrogen (secondary N) is 1. The minimum absolute atomic E-state index is 0.148. The second kappa shape index (κ2) is 12.9. The van der Waals surface area contributed by atoms with Gasteiger partial charge in [-0.3, -0.25) is 20.0 Å². The molecule has 8 nitrogen and oxygen atoms in total. The highest BCUT2D eigenvalue weighted by atomic mass is 16.5. The van der Waals surface area contributed by atoms with Crippen LogP contribution in [0.25, 0.3) is 0 Å². The van der Waals surface area contributed by atoms with E-state index in [4.69, 9.17) is 10.6 Å². The summed E-state index contributed by atoms with van der Waals surface area (Å²) < 4.78 is 5.36. The predicted octanol–water partition coefficient (Wildman–Crippen LogP) is 2.64. The molecule has 0 fully saturated rings. The van der Waals surface area contributed by atoms with E-state index in [1.54, 1.807) is 47.4 Å². The van der Waals surface area contributed by atoms with Gasteiger partial charge in [0.1, 0.15) is 5.75 Å². The smallest absolute Gasteiger partial charge is 0.435 e. The number of fused-ring (bicyclic) bond motifs is 1. The molecule has 190 valence electrons. The number of amides is 2. The van der Waals surface area contributed by atoms with Crippen LogP contribution in [0.1, 0.15) is 42.3 Å². The summed E-state index contributed by atoms with van der Waals surface area (Å²) in [6, 6.07) is 13.2. The fourth-order valence-corrected chi connectivity index (χ4v) is 3.87. The largest absolute Gasteiger partial charge is 0.496 e. The lowest BCUT2D eigenvalue weighted by Gasteiger charge is -2.48. The van der Waals surface area contributed by atoms with Crippen molar-refractivity contribution < 1.29 is 19.3 Å². The number of rotatable bonds is 5. The fraction of sp³-hybridized carbons (Fsp3) is 0.259. The van der Waals surface area contributed by atoms with Gasteiger partial charge < -0.3 is 9.76 Å². The molecule has 2 aromatic rings. The lowest BCUT2D eigenvalue weighted by molar-refractivity contribution is -0.116. The van der Waals surface area contributed by atoms with E-state index in [1.807, 2.05) is 69.5 Å². The van der Waals surface area contributed by atoms with Gasteiger partial charge in [-0.05, 0) is 50.9 Å². The minimum Gasteiger partial charge on any atom is -0.496 e. The zero-order valence-electron chi connectivity index (χ0n) is 21.6. The van der Waals surface area contributed by atoms with Crippen molar-refractivity contribution in [2.45, 2.75) is 39.8 Å².